The fraction of sp³-hybridized carbons (Fsp3) is 0. The van der Waals surface area contributed by atoms with Crippen molar-refractivity contribution in [1.82, 2.24) is 9.97 Å². The molecule has 0 saturated heterocycles. The lowest BCUT2D eigenvalue weighted by Crippen LogP contribution is -1.92. The Labute approximate surface area is 369 Å². The van der Waals surface area contributed by atoms with E-state index in [1.807, 2.05) is 0 Å². The molecule has 11 aromatic rings. The number of pyridine rings is 2. The van der Waals surface area contributed by atoms with Crippen molar-refractivity contribution in [2.75, 3.05) is 0 Å². The predicted molar refractivity (Wildman–Crippen MR) is 237 cm³/mol. The minimum Gasteiger partial charge on any atom is -0.455 e. The van der Waals surface area contributed by atoms with Crippen molar-refractivity contribution in [3.8, 4) is 67.3 Å². The molecule has 266 valence electrons. The number of rotatable bonds is 6. The summed E-state index contributed by atoms with van der Waals surface area (Å²) in [6.45, 7) is 0. The second-order valence-corrected chi connectivity index (χ2v) is 12.3. The zero-order valence-corrected chi connectivity index (χ0v) is 28.8. The van der Waals surface area contributed by atoms with Crippen LogP contribution in [0.4, 0.5) is 0 Å². The van der Waals surface area contributed by atoms with Crippen LogP contribution in [0.25, 0.3) is 111 Å². The van der Waals surface area contributed by atoms with E-state index in [9.17, 15) is 12.3 Å². The Bertz CT molecular complexity index is 4860. The van der Waals surface area contributed by atoms with Crippen LogP contribution < -0.4 is 0 Å². The average Bonchev–Trinajstić information content (AvgIpc) is 1.81. The molecule has 3 nitrogen and oxygen atoms in total. The summed E-state index contributed by atoms with van der Waals surface area (Å²) < 4.78 is 258. The van der Waals surface area contributed by atoms with Gasteiger partial charge >= 0.3 is 0 Å². The molecule has 0 radical (unpaired) electrons. The summed E-state index contributed by atoms with van der Waals surface area (Å²) in [7, 11) is 0. The highest BCUT2D eigenvalue weighted by atomic mass is 16.3. The van der Waals surface area contributed by atoms with Gasteiger partial charge in [0.05, 0.1) is 55.1 Å². The quantitative estimate of drug-likeness (QED) is 0.159. The van der Waals surface area contributed by atoms with Gasteiger partial charge in [0.25, 0.3) is 0 Å². The standard InChI is InChI=1S/C54H34N2O/c1-4-15-35(16-5-1)49-50(36-17-6-2-7-18-36)54(57-53(49)39-19-8-3-9-20-39)47-32-30-45(41-23-11-13-25-43(41)47)44-29-31-46(42-24-12-10-22-40(42)44)48-33-28-38-27-26-37-21-14-34-55-51(37)52(38)56-48/h1-34H/i1D,2D,3D,4D,5D,6D,7D,8D,9D,11D,13D,14D,15D,16D,17D,18D,19D,20D,21D,23D,25D,26D,27D,28D,30D,32D,33D,34D. The first-order chi connectivity index (χ1) is 39.9. The summed E-state index contributed by atoms with van der Waals surface area (Å²) in [4.78, 5) is 8.82. The van der Waals surface area contributed by atoms with Crippen molar-refractivity contribution in [3.05, 3.63) is 206 Å². The maximum atomic E-state index is 10.0. The second kappa shape index (κ2) is 13.6. The van der Waals surface area contributed by atoms with E-state index in [1.165, 1.54) is 18.2 Å². The number of fused-ring (bicyclic) bond motifs is 5. The second-order valence-electron chi connectivity index (χ2n) is 12.3. The van der Waals surface area contributed by atoms with Crippen molar-refractivity contribution >= 4 is 43.4 Å². The van der Waals surface area contributed by atoms with E-state index in [0.717, 1.165) is 0 Å². The number of nitrogens with zero attached hydrogens (tertiary/aromatic N) is 2. The first kappa shape index (κ1) is 15.1. The van der Waals surface area contributed by atoms with Crippen molar-refractivity contribution in [1.29, 1.82) is 0 Å². The third-order valence-electron chi connectivity index (χ3n) is 9.26. The first-order valence-electron chi connectivity index (χ1n) is 31.0. The first-order valence-corrected chi connectivity index (χ1v) is 17.0. The molecular formula is C54H34N2O. The number of hydrogen-bond donors (Lipinski definition) is 0. The Morgan fingerprint density at radius 3 is 1.63 bits per heavy atom. The maximum Gasteiger partial charge on any atom is 0.143 e. The predicted octanol–water partition coefficient (Wildman–Crippen LogP) is 14.7. The zero-order valence-electron chi connectivity index (χ0n) is 56.8. The summed E-state index contributed by atoms with van der Waals surface area (Å²) in [5, 5.41) is -1.40. The van der Waals surface area contributed by atoms with Gasteiger partial charge in [-0.25, -0.2) is 4.98 Å². The molecular weight excluding hydrogens is 693 g/mol. The van der Waals surface area contributed by atoms with E-state index >= 15 is 0 Å². The lowest BCUT2D eigenvalue weighted by atomic mass is 9.87. The van der Waals surface area contributed by atoms with Crippen molar-refractivity contribution in [2.24, 2.45) is 0 Å². The van der Waals surface area contributed by atoms with Crippen LogP contribution in [0.15, 0.2) is 210 Å². The summed E-state index contributed by atoms with van der Waals surface area (Å²) in [6, 6.07) is -15.1. The molecule has 0 fully saturated rings. The molecule has 3 aromatic heterocycles. The van der Waals surface area contributed by atoms with Crippen LogP contribution in [0.5, 0.6) is 0 Å². The molecule has 0 unspecified atom stereocenters. The number of benzene rings is 8. The van der Waals surface area contributed by atoms with Crippen molar-refractivity contribution in [2.45, 2.75) is 0 Å². The normalized spacial score (nSPS) is 18.4. The van der Waals surface area contributed by atoms with Gasteiger partial charge in [-0.15, -0.1) is 0 Å². The molecule has 0 spiro atoms. The molecule has 3 heteroatoms. The topological polar surface area (TPSA) is 38.9 Å². The van der Waals surface area contributed by atoms with Gasteiger partial charge in [0.1, 0.15) is 11.5 Å². The maximum absolute atomic E-state index is 10.0. The minimum absolute atomic E-state index is 0.0112. The molecule has 0 bridgehead atoms. The van der Waals surface area contributed by atoms with Gasteiger partial charge in [0, 0.05) is 44.8 Å². The van der Waals surface area contributed by atoms with Crippen LogP contribution in [0.1, 0.15) is 38.4 Å². The van der Waals surface area contributed by atoms with E-state index in [-0.39, 0.29) is 55.0 Å². The molecule has 8 aromatic carbocycles. The molecule has 0 aliphatic heterocycles. The Balaban J connectivity index is 1.32. The van der Waals surface area contributed by atoms with E-state index in [1.54, 1.807) is 18.2 Å². The summed E-state index contributed by atoms with van der Waals surface area (Å²) in [5.74, 6) is -1.89. The third-order valence-corrected chi connectivity index (χ3v) is 9.26. The highest BCUT2D eigenvalue weighted by Gasteiger charge is 2.26. The molecule has 11 rings (SSSR count). The van der Waals surface area contributed by atoms with Gasteiger partial charge < -0.3 is 4.42 Å². The van der Waals surface area contributed by atoms with Crippen LogP contribution in [-0.4, -0.2) is 9.97 Å². The minimum atomic E-state index is -1.05. The SMILES string of the molecule is [2H]c1nc2c(c([2H])c1[2H])c([2H])c([2H])c1c([2H])c([2H])c(-c3ccc(-c4c([2H])c([2H])c(-c5oc(-c6c([2H])c([2H])c([2H])c([2H])c6[2H])c(-c6c([2H])c([2H])c([2H])c([2H])c6[2H])c5-c5c([2H])c([2H])c([2H])c([2H])c5[2H])c5c([2H])c([2H])c([2H])c([2H])c45)c4ccccc34)nc12. The zero-order chi connectivity index (χ0) is 62.1. The molecule has 0 aliphatic carbocycles. The Morgan fingerprint density at radius 2 is 0.930 bits per heavy atom. The number of aromatic nitrogens is 2. The van der Waals surface area contributed by atoms with E-state index in [2.05, 4.69) is 4.98 Å². The van der Waals surface area contributed by atoms with Crippen LogP contribution in [-0.2, 0) is 0 Å². The summed E-state index contributed by atoms with van der Waals surface area (Å²) in [6.07, 6.45) is -0.659. The van der Waals surface area contributed by atoms with Gasteiger partial charge in [0.15, 0.2) is 0 Å². The smallest absolute Gasteiger partial charge is 0.143 e. The fourth-order valence-electron chi connectivity index (χ4n) is 6.85. The van der Waals surface area contributed by atoms with Crippen molar-refractivity contribution < 1.29 is 42.8 Å². The molecule has 0 aliphatic rings. The molecule has 3 heterocycles. The fourth-order valence-corrected chi connectivity index (χ4v) is 6.85. The Kier molecular flexibility index (Phi) is 3.61. The number of hydrogen-bond acceptors (Lipinski definition) is 3. The van der Waals surface area contributed by atoms with Gasteiger partial charge in [-0.05, 0) is 61.9 Å². The lowest BCUT2D eigenvalue weighted by molar-refractivity contribution is 0.599. The van der Waals surface area contributed by atoms with Gasteiger partial charge in [-0.1, -0.05) is 181 Å². The van der Waals surface area contributed by atoms with E-state index < -0.39 is 225 Å². The van der Waals surface area contributed by atoms with Crippen LogP contribution in [0.2, 0.25) is 0 Å². The van der Waals surface area contributed by atoms with Crippen LogP contribution in [0, 0.1) is 0 Å². The van der Waals surface area contributed by atoms with Crippen LogP contribution in [0.3, 0.4) is 0 Å². The number of furan rings is 1. The van der Waals surface area contributed by atoms with E-state index in [4.69, 9.17) is 35.4 Å². The summed E-state index contributed by atoms with van der Waals surface area (Å²) >= 11 is 0. The Hall–Kier alpha value is -7.62. The molecule has 0 saturated carbocycles. The van der Waals surface area contributed by atoms with Gasteiger partial charge in [0.2, 0.25) is 0 Å². The molecule has 0 amide bonds. The average molecular weight is 755 g/mol. The van der Waals surface area contributed by atoms with Crippen molar-refractivity contribution in [3.63, 3.8) is 0 Å². The third kappa shape index (κ3) is 5.51. The lowest BCUT2D eigenvalue weighted by Gasteiger charge is -2.16. The largest absolute Gasteiger partial charge is 0.455 e. The van der Waals surface area contributed by atoms with Crippen LogP contribution >= 0.6 is 0 Å². The van der Waals surface area contributed by atoms with Gasteiger partial charge in [-0.2, -0.15) is 0 Å². The molecule has 57 heavy (non-hydrogen) atoms. The molecule has 0 atom stereocenters. The highest BCUT2D eigenvalue weighted by Crippen LogP contribution is 2.50. The Morgan fingerprint density at radius 1 is 0.386 bits per heavy atom. The van der Waals surface area contributed by atoms with E-state index in [0.29, 0.717) is 0 Å². The highest BCUT2D eigenvalue weighted by molar-refractivity contribution is 6.14. The monoisotopic (exact) mass is 754 g/mol. The molecule has 0 N–H and O–H groups in total. The van der Waals surface area contributed by atoms with Gasteiger partial charge in [-0.3, -0.25) is 4.98 Å². The summed E-state index contributed by atoms with van der Waals surface area (Å²) in [5.41, 5.74) is -6.09.